The van der Waals surface area contributed by atoms with E-state index in [2.05, 4.69) is 100 Å². The summed E-state index contributed by atoms with van der Waals surface area (Å²) in [6, 6.07) is 8.75. The number of aryl methyl sites for hydroxylation is 2. The first kappa shape index (κ1) is 28.5. The standard InChI is InChI=1S/C39H48O/c1-21(2)30-17-31(29-15-14-23(5)24(6)16-29)36(40)34-26(8)35-28(10)39(13)27(9)33(22(3)4)25(7)18-38(39,12)20-37(35,11)19-32(30)34/h14-17,21,40H,3,8-9,18-20H2,1-2,4-7,10-13H3/t37-,38+,39-/m1/s1. The fourth-order valence-electron chi connectivity index (χ4n) is 9.06. The van der Waals surface area contributed by atoms with Crippen molar-refractivity contribution < 1.29 is 5.11 Å². The Morgan fingerprint density at radius 1 is 0.950 bits per heavy atom. The SMILES string of the molecule is C=C(C)C1=C(C)C[C@@]2(C)C[C@@]3(C)Cc4c(C(C)C)cc(-c5ccc(C)c(C)c5)c(O)c4C(=C)C3=C(C)[C@@]2(C)C1=C. The smallest absolute Gasteiger partial charge is 0.131 e. The Morgan fingerprint density at radius 3 is 2.17 bits per heavy atom. The van der Waals surface area contributed by atoms with E-state index >= 15 is 0 Å². The molecule has 0 unspecified atom stereocenters. The third kappa shape index (κ3) is 3.65. The molecule has 0 saturated heterocycles. The van der Waals surface area contributed by atoms with Crippen molar-refractivity contribution in [2.75, 3.05) is 0 Å². The molecule has 3 atom stereocenters. The highest BCUT2D eigenvalue weighted by Crippen LogP contribution is 2.70. The third-order valence-corrected chi connectivity index (χ3v) is 11.2. The van der Waals surface area contributed by atoms with Crippen molar-refractivity contribution in [3.63, 3.8) is 0 Å². The summed E-state index contributed by atoms with van der Waals surface area (Å²) in [5.41, 5.74) is 16.4. The van der Waals surface area contributed by atoms with E-state index in [9.17, 15) is 5.11 Å². The van der Waals surface area contributed by atoms with E-state index in [0.717, 1.165) is 47.1 Å². The molecule has 1 heteroatoms. The number of aromatic hydroxyl groups is 1. The summed E-state index contributed by atoms with van der Waals surface area (Å²) in [7, 11) is 0. The first-order valence-corrected chi connectivity index (χ1v) is 14.9. The zero-order valence-corrected chi connectivity index (χ0v) is 26.6. The summed E-state index contributed by atoms with van der Waals surface area (Å²) in [6.07, 6.45) is 3.01. The van der Waals surface area contributed by atoms with Crippen LogP contribution in [0.3, 0.4) is 0 Å². The molecular formula is C39H48O. The number of hydrogen-bond acceptors (Lipinski definition) is 1. The van der Waals surface area contributed by atoms with E-state index in [4.69, 9.17) is 13.2 Å². The van der Waals surface area contributed by atoms with Gasteiger partial charge in [-0.25, -0.2) is 0 Å². The van der Waals surface area contributed by atoms with Crippen LogP contribution in [0.2, 0.25) is 0 Å². The van der Waals surface area contributed by atoms with Gasteiger partial charge in [-0.15, -0.1) is 0 Å². The average molecular weight is 533 g/mol. The molecule has 1 nitrogen and oxygen atoms in total. The molecule has 0 aliphatic heterocycles. The molecule has 2 aromatic carbocycles. The Kier molecular flexibility index (Phi) is 6.38. The van der Waals surface area contributed by atoms with Crippen LogP contribution < -0.4 is 0 Å². The molecule has 1 N–H and O–H groups in total. The maximum absolute atomic E-state index is 12.0. The molecule has 0 fully saturated rings. The van der Waals surface area contributed by atoms with Gasteiger partial charge in [0.1, 0.15) is 5.75 Å². The van der Waals surface area contributed by atoms with Crippen LogP contribution in [-0.4, -0.2) is 5.11 Å². The van der Waals surface area contributed by atoms with Crippen molar-refractivity contribution >= 4 is 5.57 Å². The molecule has 40 heavy (non-hydrogen) atoms. The van der Waals surface area contributed by atoms with Crippen molar-refractivity contribution in [2.24, 2.45) is 16.2 Å². The molecular weight excluding hydrogens is 484 g/mol. The highest BCUT2D eigenvalue weighted by molar-refractivity contribution is 5.92. The Hall–Kier alpha value is -3.06. The maximum atomic E-state index is 12.0. The Morgan fingerprint density at radius 2 is 1.60 bits per heavy atom. The quantitative estimate of drug-likeness (QED) is 0.417. The zero-order valence-electron chi connectivity index (χ0n) is 26.6. The molecule has 2 aromatic rings. The van der Waals surface area contributed by atoms with Gasteiger partial charge in [-0.3, -0.25) is 0 Å². The minimum absolute atomic E-state index is 0.0344. The highest BCUT2D eigenvalue weighted by atomic mass is 16.3. The van der Waals surface area contributed by atoms with Crippen LogP contribution in [0.4, 0.5) is 0 Å². The van der Waals surface area contributed by atoms with Crippen LogP contribution in [0.25, 0.3) is 16.7 Å². The van der Waals surface area contributed by atoms with Gasteiger partial charge in [-0.05, 0) is 127 Å². The number of phenolic OH excluding ortho intramolecular Hbond substituents is 1. The molecule has 5 rings (SSSR count). The third-order valence-electron chi connectivity index (χ3n) is 11.2. The van der Waals surface area contributed by atoms with Gasteiger partial charge in [0, 0.05) is 16.5 Å². The molecule has 0 saturated carbocycles. The Balaban J connectivity index is 1.80. The van der Waals surface area contributed by atoms with Crippen molar-refractivity contribution in [3.05, 3.63) is 105 Å². The molecule has 0 heterocycles. The molecule has 3 aliphatic carbocycles. The van der Waals surface area contributed by atoms with Gasteiger partial charge in [0.05, 0.1) is 0 Å². The lowest BCUT2D eigenvalue weighted by atomic mass is 9.41. The summed E-state index contributed by atoms with van der Waals surface area (Å²) < 4.78 is 0. The van der Waals surface area contributed by atoms with Gasteiger partial charge in [0.15, 0.2) is 0 Å². The van der Waals surface area contributed by atoms with Gasteiger partial charge >= 0.3 is 0 Å². The second kappa shape index (κ2) is 8.97. The average Bonchev–Trinajstić information content (AvgIpc) is 2.82. The largest absolute Gasteiger partial charge is 0.507 e. The number of hydrogen-bond donors (Lipinski definition) is 1. The minimum Gasteiger partial charge on any atom is -0.507 e. The minimum atomic E-state index is -0.210. The summed E-state index contributed by atoms with van der Waals surface area (Å²) in [5.74, 6) is 0.708. The molecule has 0 bridgehead atoms. The van der Waals surface area contributed by atoms with Gasteiger partial charge in [0.2, 0.25) is 0 Å². The number of rotatable bonds is 3. The van der Waals surface area contributed by atoms with E-state index < -0.39 is 0 Å². The predicted octanol–water partition coefficient (Wildman–Crippen LogP) is 11.0. The fourth-order valence-corrected chi connectivity index (χ4v) is 9.06. The molecule has 3 aliphatic rings. The summed E-state index contributed by atoms with van der Waals surface area (Å²) in [4.78, 5) is 0. The summed E-state index contributed by atoms with van der Waals surface area (Å²) in [5, 5.41) is 12.0. The highest BCUT2D eigenvalue weighted by Gasteiger charge is 2.60. The van der Waals surface area contributed by atoms with E-state index in [0.29, 0.717) is 11.7 Å². The van der Waals surface area contributed by atoms with Gasteiger partial charge in [0.25, 0.3) is 0 Å². The monoisotopic (exact) mass is 532 g/mol. The van der Waals surface area contributed by atoms with Crippen molar-refractivity contribution in [3.8, 4) is 16.9 Å². The summed E-state index contributed by atoms with van der Waals surface area (Å²) in [6.45, 7) is 36.7. The number of allylic oxidation sites excluding steroid dienone is 7. The van der Waals surface area contributed by atoms with Crippen molar-refractivity contribution in [2.45, 2.75) is 94.4 Å². The number of fused-ring (bicyclic) bond motifs is 3. The molecule has 210 valence electrons. The topological polar surface area (TPSA) is 20.2 Å². The lowest BCUT2D eigenvalue weighted by Crippen LogP contribution is -2.52. The predicted molar refractivity (Wildman–Crippen MR) is 173 cm³/mol. The molecule has 0 amide bonds. The molecule has 0 spiro atoms. The van der Waals surface area contributed by atoms with Gasteiger partial charge in [-0.1, -0.05) is 89.3 Å². The van der Waals surface area contributed by atoms with Crippen molar-refractivity contribution in [1.82, 2.24) is 0 Å². The summed E-state index contributed by atoms with van der Waals surface area (Å²) >= 11 is 0. The number of benzene rings is 2. The van der Waals surface area contributed by atoms with Gasteiger partial charge in [-0.2, -0.15) is 0 Å². The van der Waals surface area contributed by atoms with E-state index in [1.165, 1.54) is 50.1 Å². The molecule has 0 aromatic heterocycles. The second-order valence-corrected chi connectivity index (χ2v) is 14.3. The second-order valence-electron chi connectivity index (χ2n) is 14.3. The lowest BCUT2D eigenvalue weighted by molar-refractivity contribution is 0.0542. The van der Waals surface area contributed by atoms with Crippen LogP contribution in [-0.2, 0) is 6.42 Å². The van der Waals surface area contributed by atoms with Crippen LogP contribution in [0, 0.1) is 30.1 Å². The Labute approximate surface area is 243 Å². The maximum Gasteiger partial charge on any atom is 0.131 e. The number of phenols is 1. The fraction of sp³-hybridized carbons (Fsp3) is 0.436. The van der Waals surface area contributed by atoms with E-state index in [-0.39, 0.29) is 16.2 Å². The van der Waals surface area contributed by atoms with Crippen LogP contribution in [0.1, 0.15) is 102 Å². The molecule has 0 radical (unpaired) electrons. The van der Waals surface area contributed by atoms with E-state index in [1.54, 1.807) is 0 Å². The van der Waals surface area contributed by atoms with Crippen LogP contribution in [0.15, 0.2) is 77.4 Å². The van der Waals surface area contributed by atoms with Crippen LogP contribution >= 0.6 is 0 Å². The normalized spacial score (nSPS) is 28.1. The first-order valence-electron chi connectivity index (χ1n) is 14.9. The van der Waals surface area contributed by atoms with Gasteiger partial charge < -0.3 is 5.11 Å². The first-order chi connectivity index (χ1) is 18.5. The van der Waals surface area contributed by atoms with E-state index in [1.807, 2.05) is 0 Å². The van der Waals surface area contributed by atoms with Crippen LogP contribution in [0.5, 0.6) is 5.75 Å². The Bertz CT molecular complexity index is 1590. The van der Waals surface area contributed by atoms with Crippen molar-refractivity contribution in [1.29, 1.82) is 0 Å². The lowest BCUT2D eigenvalue weighted by Gasteiger charge is -2.62. The zero-order chi connectivity index (χ0) is 29.7.